The van der Waals surface area contributed by atoms with Crippen molar-refractivity contribution in [3.63, 3.8) is 0 Å². The first kappa shape index (κ1) is 10.3. The largest absolute Gasteiger partial charge is 0.385 e. The number of morpholine rings is 1. The summed E-state index contributed by atoms with van der Waals surface area (Å²) >= 11 is 0. The van der Waals surface area contributed by atoms with Crippen LogP contribution in [-0.2, 0) is 4.74 Å². The minimum atomic E-state index is 0.842. The molecule has 1 aliphatic heterocycles. The number of nitrogens with zero attached hydrogens (tertiary/aromatic N) is 1. The van der Waals surface area contributed by atoms with E-state index in [1.54, 1.807) is 0 Å². The van der Waals surface area contributed by atoms with Crippen molar-refractivity contribution in [2.24, 2.45) is 0 Å². The van der Waals surface area contributed by atoms with E-state index < -0.39 is 0 Å². The second kappa shape index (κ2) is 5.03. The Bertz CT molecular complexity index is 291. The number of benzene rings is 1. The summed E-state index contributed by atoms with van der Waals surface area (Å²) in [4.78, 5) is 2.36. The summed E-state index contributed by atoms with van der Waals surface area (Å²) in [5, 5.41) is 3.29. The monoisotopic (exact) mass is 206 g/mol. The second-order valence-electron chi connectivity index (χ2n) is 3.68. The number of hydrogen-bond donors (Lipinski definition) is 1. The number of ether oxygens (including phenoxy) is 1. The molecule has 1 saturated heterocycles. The molecule has 0 spiro atoms. The minimum absolute atomic E-state index is 0.842. The molecule has 2 rings (SSSR count). The Hall–Kier alpha value is -1.22. The molecule has 3 nitrogen and oxygen atoms in total. The molecule has 0 radical (unpaired) electrons. The van der Waals surface area contributed by atoms with Crippen molar-refractivity contribution in [3.8, 4) is 0 Å². The van der Waals surface area contributed by atoms with Crippen LogP contribution in [0.3, 0.4) is 0 Å². The van der Waals surface area contributed by atoms with Gasteiger partial charge < -0.3 is 15.0 Å². The molecule has 1 fully saturated rings. The Balaban J connectivity index is 2.02. The number of anilines is 2. The number of nitrogens with one attached hydrogen (secondary N) is 1. The summed E-state index contributed by atoms with van der Waals surface area (Å²) < 4.78 is 5.33. The highest BCUT2D eigenvalue weighted by molar-refractivity contribution is 5.55. The zero-order chi connectivity index (χ0) is 10.5. The van der Waals surface area contributed by atoms with E-state index in [1.165, 1.54) is 11.4 Å². The van der Waals surface area contributed by atoms with Gasteiger partial charge in [-0.25, -0.2) is 0 Å². The fraction of sp³-hybridized carbons (Fsp3) is 0.500. The zero-order valence-corrected chi connectivity index (χ0v) is 9.20. The van der Waals surface area contributed by atoms with E-state index in [0.29, 0.717) is 0 Å². The third-order valence-electron chi connectivity index (χ3n) is 2.62. The SMILES string of the molecule is CCNc1ccc(N2CCOCC2)cc1. The molecule has 3 heteroatoms. The van der Waals surface area contributed by atoms with E-state index >= 15 is 0 Å². The molecule has 0 amide bonds. The minimum Gasteiger partial charge on any atom is -0.385 e. The van der Waals surface area contributed by atoms with Crippen LogP contribution in [0.25, 0.3) is 0 Å². The van der Waals surface area contributed by atoms with Gasteiger partial charge in [-0.3, -0.25) is 0 Å². The maximum absolute atomic E-state index is 5.33. The number of hydrogen-bond acceptors (Lipinski definition) is 3. The molecule has 0 aliphatic carbocycles. The molecule has 1 aliphatic rings. The van der Waals surface area contributed by atoms with Gasteiger partial charge in [-0.1, -0.05) is 0 Å². The molecule has 0 unspecified atom stereocenters. The highest BCUT2D eigenvalue weighted by Crippen LogP contribution is 2.18. The van der Waals surface area contributed by atoms with Crippen molar-refractivity contribution in [1.82, 2.24) is 0 Å². The Kier molecular flexibility index (Phi) is 3.45. The van der Waals surface area contributed by atoms with E-state index in [2.05, 4.69) is 41.4 Å². The third-order valence-corrected chi connectivity index (χ3v) is 2.62. The molecule has 1 heterocycles. The summed E-state index contributed by atoms with van der Waals surface area (Å²) in [6.45, 7) is 6.76. The van der Waals surface area contributed by atoms with Gasteiger partial charge in [-0.2, -0.15) is 0 Å². The fourth-order valence-corrected chi connectivity index (χ4v) is 1.82. The topological polar surface area (TPSA) is 24.5 Å². The van der Waals surface area contributed by atoms with Gasteiger partial charge in [0.05, 0.1) is 13.2 Å². The fourth-order valence-electron chi connectivity index (χ4n) is 1.82. The molecule has 0 atom stereocenters. The first-order chi connectivity index (χ1) is 7.40. The van der Waals surface area contributed by atoms with Crippen LogP contribution in [0, 0.1) is 0 Å². The lowest BCUT2D eigenvalue weighted by Crippen LogP contribution is -2.36. The Morgan fingerprint density at radius 3 is 2.47 bits per heavy atom. The van der Waals surface area contributed by atoms with Crippen molar-refractivity contribution in [2.75, 3.05) is 43.1 Å². The van der Waals surface area contributed by atoms with Crippen molar-refractivity contribution in [2.45, 2.75) is 6.92 Å². The molecule has 1 N–H and O–H groups in total. The molecule has 82 valence electrons. The van der Waals surface area contributed by atoms with Gasteiger partial charge in [-0.15, -0.1) is 0 Å². The predicted octanol–water partition coefficient (Wildman–Crippen LogP) is 1.96. The van der Waals surface area contributed by atoms with E-state index in [1.807, 2.05) is 0 Å². The molecule has 1 aromatic rings. The molecule has 15 heavy (non-hydrogen) atoms. The summed E-state index contributed by atoms with van der Waals surface area (Å²) in [6.07, 6.45) is 0. The molecule has 0 bridgehead atoms. The van der Waals surface area contributed by atoms with E-state index in [-0.39, 0.29) is 0 Å². The van der Waals surface area contributed by atoms with Crippen LogP contribution in [0.2, 0.25) is 0 Å². The Morgan fingerprint density at radius 2 is 1.87 bits per heavy atom. The van der Waals surface area contributed by atoms with Crippen molar-refractivity contribution < 1.29 is 4.74 Å². The smallest absolute Gasteiger partial charge is 0.0642 e. The van der Waals surface area contributed by atoms with Gasteiger partial charge >= 0.3 is 0 Å². The molecule has 0 saturated carbocycles. The first-order valence-electron chi connectivity index (χ1n) is 5.57. The van der Waals surface area contributed by atoms with Gasteiger partial charge in [0.2, 0.25) is 0 Å². The van der Waals surface area contributed by atoms with Crippen LogP contribution in [0.15, 0.2) is 24.3 Å². The van der Waals surface area contributed by atoms with Gasteiger partial charge in [0.1, 0.15) is 0 Å². The summed E-state index contributed by atoms with van der Waals surface area (Å²) in [5.41, 5.74) is 2.48. The zero-order valence-electron chi connectivity index (χ0n) is 9.20. The molecular formula is C12H18N2O. The molecular weight excluding hydrogens is 188 g/mol. The van der Waals surface area contributed by atoms with Crippen LogP contribution >= 0.6 is 0 Å². The summed E-state index contributed by atoms with van der Waals surface area (Å²) in [7, 11) is 0. The van der Waals surface area contributed by atoms with Gasteiger partial charge in [0, 0.05) is 31.0 Å². The lowest BCUT2D eigenvalue weighted by atomic mass is 10.2. The predicted molar refractivity (Wildman–Crippen MR) is 63.6 cm³/mol. The molecule has 0 aromatic heterocycles. The second-order valence-corrected chi connectivity index (χ2v) is 3.68. The van der Waals surface area contributed by atoms with E-state index in [9.17, 15) is 0 Å². The van der Waals surface area contributed by atoms with Crippen LogP contribution in [0.1, 0.15) is 6.92 Å². The lowest BCUT2D eigenvalue weighted by Gasteiger charge is -2.28. The highest BCUT2D eigenvalue weighted by Gasteiger charge is 2.10. The van der Waals surface area contributed by atoms with Crippen LogP contribution in [0.5, 0.6) is 0 Å². The van der Waals surface area contributed by atoms with Gasteiger partial charge in [-0.05, 0) is 31.2 Å². The van der Waals surface area contributed by atoms with E-state index in [4.69, 9.17) is 4.74 Å². The van der Waals surface area contributed by atoms with Crippen LogP contribution in [0.4, 0.5) is 11.4 Å². The average molecular weight is 206 g/mol. The van der Waals surface area contributed by atoms with Crippen molar-refractivity contribution >= 4 is 11.4 Å². The van der Waals surface area contributed by atoms with Gasteiger partial charge in [0.15, 0.2) is 0 Å². The maximum atomic E-state index is 5.33. The van der Waals surface area contributed by atoms with Crippen molar-refractivity contribution in [1.29, 1.82) is 0 Å². The van der Waals surface area contributed by atoms with Crippen molar-refractivity contribution in [3.05, 3.63) is 24.3 Å². The first-order valence-corrected chi connectivity index (χ1v) is 5.57. The Labute approximate surface area is 91.0 Å². The highest BCUT2D eigenvalue weighted by atomic mass is 16.5. The van der Waals surface area contributed by atoms with E-state index in [0.717, 1.165) is 32.8 Å². The van der Waals surface area contributed by atoms with Gasteiger partial charge in [0.25, 0.3) is 0 Å². The maximum Gasteiger partial charge on any atom is 0.0642 e. The van der Waals surface area contributed by atoms with Crippen LogP contribution < -0.4 is 10.2 Å². The normalized spacial score (nSPS) is 16.5. The standard InChI is InChI=1S/C12H18N2O/c1-2-13-11-3-5-12(6-4-11)14-7-9-15-10-8-14/h3-6,13H,2,7-10H2,1H3. The summed E-state index contributed by atoms with van der Waals surface area (Å²) in [5.74, 6) is 0. The Morgan fingerprint density at radius 1 is 1.20 bits per heavy atom. The quantitative estimate of drug-likeness (QED) is 0.818. The molecule has 1 aromatic carbocycles. The lowest BCUT2D eigenvalue weighted by molar-refractivity contribution is 0.122. The average Bonchev–Trinajstić information content (AvgIpc) is 2.32. The summed E-state index contributed by atoms with van der Waals surface area (Å²) in [6, 6.07) is 8.61. The third kappa shape index (κ3) is 2.63. The van der Waals surface area contributed by atoms with Crippen LogP contribution in [-0.4, -0.2) is 32.8 Å². The number of rotatable bonds is 3.